The molecule has 1 aromatic heterocycles. The fraction of sp³-hybridized carbons (Fsp3) is 0.200. The van der Waals surface area contributed by atoms with Gasteiger partial charge < -0.3 is 4.98 Å². The van der Waals surface area contributed by atoms with Crippen LogP contribution in [0, 0.1) is 6.92 Å². The highest BCUT2D eigenvalue weighted by molar-refractivity contribution is 5.93. The Labute approximate surface area is 117 Å². The second-order valence-electron chi connectivity index (χ2n) is 4.58. The molecular formula is C15H17N3O2. The highest BCUT2D eigenvalue weighted by Crippen LogP contribution is 2.06. The molecule has 2 amide bonds. The highest BCUT2D eigenvalue weighted by Gasteiger charge is 2.07. The molecule has 0 fully saturated rings. The van der Waals surface area contributed by atoms with Crippen LogP contribution in [0.3, 0.4) is 0 Å². The standard InChI is InChI=1S/C15H17N3O2/c1-11-4-2-5-12(10-11)7-8-14(19)17-18-15(20)13-6-3-9-16-13/h2-6,9-10,16H,7-8H2,1H3,(H,17,19)(H,18,20). The normalized spacial score (nSPS) is 10.1. The van der Waals surface area contributed by atoms with Gasteiger partial charge in [-0.1, -0.05) is 29.8 Å². The van der Waals surface area contributed by atoms with Gasteiger partial charge >= 0.3 is 0 Å². The first-order valence-electron chi connectivity index (χ1n) is 6.43. The number of carbonyl (C=O) groups excluding carboxylic acids is 2. The second-order valence-corrected chi connectivity index (χ2v) is 4.58. The van der Waals surface area contributed by atoms with E-state index >= 15 is 0 Å². The van der Waals surface area contributed by atoms with Crippen LogP contribution >= 0.6 is 0 Å². The molecule has 0 atom stereocenters. The lowest BCUT2D eigenvalue weighted by molar-refractivity contribution is -0.121. The average molecular weight is 271 g/mol. The van der Waals surface area contributed by atoms with Crippen molar-refractivity contribution in [3.63, 3.8) is 0 Å². The molecule has 5 nitrogen and oxygen atoms in total. The predicted octanol–water partition coefficient (Wildman–Crippen LogP) is 1.72. The highest BCUT2D eigenvalue weighted by atomic mass is 16.2. The van der Waals surface area contributed by atoms with Crippen molar-refractivity contribution in [2.24, 2.45) is 0 Å². The molecule has 0 spiro atoms. The van der Waals surface area contributed by atoms with Gasteiger partial charge in [0.25, 0.3) is 5.91 Å². The maximum atomic E-state index is 11.6. The van der Waals surface area contributed by atoms with Gasteiger partial charge in [-0.3, -0.25) is 20.4 Å². The number of aromatic nitrogens is 1. The molecule has 2 rings (SSSR count). The zero-order chi connectivity index (χ0) is 14.4. The minimum Gasteiger partial charge on any atom is -0.357 e. The summed E-state index contributed by atoms with van der Waals surface area (Å²) < 4.78 is 0. The van der Waals surface area contributed by atoms with E-state index in [0.29, 0.717) is 18.5 Å². The van der Waals surface area contributed by atoms with Gasteiger partial charge in [0.05, 0.1) is 0 Å². The van der Waals surface area contributed by atoms with Crippen molar-refractivity contribution < 1.29 is 9.59 Å². The summed E-state index contributed by atoms with van der Waals surface area (Å²) in [7, 11) is 0. The van der Waals surface area contributed by atoms with Crippen LogP contribution in [-0.2, 0) is 11.2 Å². The molecule has 0 bridgehead atoms. The second kappa shape index (κ2) is 6.56. The Morgan fingerprint density at radius 3 is 2.70 bits per heavy atom. The molecule has 0 aliphatic rings. The van der Waals surface area contributed by atoms with E-state index < -0.39 is 0 Å². The lowest BCUT2D eigenvalue weighted by atomic mass is 10.1. The Morgan fingerprint density at radius 2 is 2.00 bits per heavy atom. The van der Waals surface area contributed by atoms with E-state index in [1.54, 1.807) is 18.3 Å². The van der Waals surface area contributed by atoms with E-state index in [1.165, 1.54) is 5.56 Å². The number of amides is 2. The number of hydrogen-bond donors (Lipinski definition) is 3. The number of H-pyrrole nitrogens is 1. The fourth-order valence-corrected chi connectivity index (χ4v) is 1.85. The lowest BCUT2D eigenvalue weighted by Crippen LogP contribution is -2.41. The number of benzene rings is 1. The summed E-state index contributed by atoms with van der Waals surface area (Å²) in [6, 6.07) is 11.4. The van der Waals surface area contributed by atoms with Crippen molar-refractivity contribution in [2.75, 3.05) is 0 Å². The maximum Gasteiger partial charge on any atom is 0.286 e. The van der Waals surface area contributed by atoms with Gasteiger partial charge in [0, 0.05) is 12.6 Å². The fourth-order valence-electron chi connectivity index (χ4n) is 1.85. The van der Waals surface area contributed by atoms with Crippen molar-refractivity contribution in [2.45, 2.75) is 19.8 Å². The van der Waals surface area contributed by atoms with Crippen LogP contribution in [0.4, 0.5) is 0 Å². The molecule has 5 heteroatoms. The number of hydrogen-bond acceptors (Lipinski definition) is 2. The number of aromatic amines is 1. The first-order chi connectivity index (χ1) is 9.65. The van der Waals surface area contributed by atoms with Gasteiger partial charge in [-0.15, -0.1) is 0 Å². The summed E-state index contributed by atoms with van der Waals surface area (Å²) in [5, 5.41) is 0. The molecule has 1 heterocycles. The van der Waals surface area contributed by atoms with E-state index in [-0.39, 0.29) is 11.8 Å². The third-order valence-corrected chi connectivity index (χ3v) is 2.88. The molecule has 0 saturated carbocycles. The zero-order valence-corrected chi connectivity index (χ0v) is 11.3. The number of carbonyl (C=O) groups is 2. The summed E-state index contributed by atoms with van der Waals surface area (Å²) in [5.41, 5.74) is 7.44. The van der Waals surface area contributed by atoms with Gasteiger partial charge in [0.1, 0.15) is 5.69 Å². The first kappa shape index (κ1) is 13.9. The Hall–Kier alpha value is -2.56. The Morgan fingerprint density at radius 1 is 1.15 bits per heavy atom. The molecule has 0 aliphatic carbocycles. The van der Waals surface area contributed by atoms with Crippen LogP contribution < -0.4 is 10.9 Å². The average Bonchev–Trinajstić information content (AvgIpc) is 2.97. The van der Waals surface area contributed by atoms with Gasteiger partial charge in [0.15, 0.2) is 0 Å². The lowest BCUT2D eigenvalue weighted by Gasteiger charge is -2.06. The van der Waals surface area contributed by atoms with Gasteiger partial charge in [-0.2, -0.15) is 0 Å². The van der Waals surface area contributed by atoms with E-state index in [0.717, 1.165) is 5.56 Å². The SMILES string of the molecule is Cc1cccc(CCC(=O)NNC(=O)c2ccc[nH]2)c1. The Bertz CT molecular complexity index is 591. The van der Waals surface area contributed by atoms with Gasteiger partial charge in [0.2, 0.25) is 5.91 Å². The van der Waals surface area contributed by atoms with E-state index in [4.69, 9.17) is 0 Å². The van der Waals surface area contributed by atoms with Crippen molar-refractivity contribution in [3.05, 3.63) is 59.4 Å². The monoisotopic (exact) mass is 271 g/mol. The Balaban J connectivity index is 1.74. The molecule has 20 heavy (non-hydrogen) atoms. The van der Waals surface area contributed by atoms with Gasteiger partial charge in [-0.25, -0.2) is 0 Å². The van der Waals surface area contributed by atoms with E-state index in [2.05, 4.69) is 15.8 Å². The molecule has 2 aromatic rings. The van der Waals surface area contributed by atoms with Crippen LogP contribution in [-0.4, -0.2) is 16.8 Å². The smallest absolute Gasteiger partial charge is 0.286 e. The molecule has 1 aromatic carbocycles. The minimum atomic E-state index is -0.362. The van der Waals surface area contributed by atoms with Crippen molar-refractivity contribution in [3.8, 4) is 0 Å². The third kappa shape index (κ3) is 3.98. The van der Waals surface area contributed by atoms with Crippen LogP contribution in [0.1, 0.15) is 28.0 Å². The van der Waals surface area contributed by atoms with Crippen molar-refractivity contribution in [1.29, 1.82) is 0 Å². The first-order valence-corrected chi connectivity index (χ1v) is 6.43. The van der Waals surface area contributed by atoms with Crippen molar-refractivity contribution in [1.82, 2.24) is 15.8 Å². The molecule has 0 radical (unpaired) electrons. The maximum absolute atomic E-state index is 11.6. The summed E-state index contributed by atoms with van der Waals surface area (Å²) in [4.78, 5) is 26.0. The molecule has 104 valence electrons. The molecule has 0 aliphatic heterocycles. The van der Waals surface area contributed by atoms with Crippen LogP contribution in [0.5, 0.6) is 0 Å². The minimum absolute atomic E-state index is 0.216. The largest absolute Gasteiger partial charge is 0.357 e. The van der Waals surface area contributed by atoms with E-state index in [1.807, 2.05) is 31.2 Å². The molecule has 3 N–H and O–H groups in total. The van der Waals surface area contributed by atoms with E-state index in [9.17, 15) is 9.59 Å². The summed E-state index contributed by atoms with van der Waals surface area (Å²) in [5.74, 6) is -0.578. The van der Waals surface area contributed by atoms with Crippen LogP contribution in [0.15, 0.2) is 42.6 Å². The summed E-state index contributed by atoms with van der Waals surface area (Å²) >= 11 is 0. The molecule has 0 unspecified atom stereocenters. The quantitative estimate of drug-likeness (QED) is 0.741. The Kier molecular flexibility index (Phi) is 4.55. The molecule has 0 saturated heterocycles. The number of aryl methyl sites for hydroxylation is 2. The van der Waals surface area contributed by atoms with Crippen molar-refractivity contribution >= 4 is 11.8 Å². The topological polar surface area (TPSA) is 74.0 Å². The number of hydrazine groups is 1. The number of rotatable bonds is 4. The van der Waals surface area contributed by atoms with Crippen LogP contribution in [0.2, 0.25) is 0 Å². The summed E-state index contributed by atoms with van der Waals surface area (Å²) in [6.45, 7) is 2.01. The summed E-state index contributed by atoms with van der Waals surface area (Å²) in [6.07, 6.45) is 2.62. The zero-order valence-electron chi connectivity index (χ0n) is 11.3. The molecular weight excluding hydrogens is 254 g/mol. The predicted molar refractivity (Wildman–Crippen MR) is 75.9 cm³/mol. The number of nitrogens with one attached hydrogen (secondary N) is 3. The third-order valence-electron chi connectivity index (χ3n) is 2.88. The van der Waals surface area contributed by atoms with Crippen LogP contribution in [0.25, 0.3) is 0 Å². The van der Waals surface area contributed by atoms with Gasteiger partial charge in [-0.05, 0) is 31.0 Å².